The summed E-state index contributed by atoms with van der Waals surface area (Å²) in [7, 11) is 0. The summed E-state index contributed by atoms with van der Waals surface area (Å²) in [4.78, 5) is 19.9. The molecule has 0 fully saturated rings. The van der Waals surface area contributed by atoms with E-state index in [0.717, 1.165) is 22.0 Å². The van der Waals surface area contributed by atoms with Crippen LogP contribution in [0.5, 0.6) is 0 Å². The van der Waals surface area contributed by atoms with Crippen molar-refractivity contribution in [2.75, 3.05) is 5.32 Å². The molecule has 0 spiro atoms. The Morgan fingerprint density at radius 1 is 1.28 bits per heavy atom. The molecule has 0 aliphatic heterocycles. The van der Waals surface area contributed by atoms with Crippen molar-refractivity contribution in [2.45, 2.75) is 6.42 Å². The van der Waals surface area contributed by atoms with Crippen LogP contribution in [0.1, 0.15) is 5.56 Å². The van der Waals surface area contributed by atoms with Crippen molar-refractivity contribution in [3.8, 4) is 11.3 Å². The van der Waals surface area contributed by atoms with E-state index < -0.39 is 0 Å². The molecule has 126 valence electrons. The van der Waals surface area contributed by atoms with Crippen molar-refractivity contribution in [3.05, 3.63) is 56.1 Å². The van der Waals surface area contributed by atoms with Crippen LogP contribution in [0.2, 0.25) is 8.67 Å². The van der Waals surface area contributed by atoms with Gasteiger partial charge in [0.1, 0.15) is 4.34 Å². The van der Waals surface area contributed by atoms with Crippen LogP contribution in [0, 0.1) is 0 Å². The van der Waals surface area contributed by atoms with Gasteiger partial charge in [0.25, 0.3) is 0 Å². The number of aromatic nitrogens is 2. The van der Waals surface area contributed by atoms with Crippen molar-refractivity contribution in [1.82, 2.24) is 9.97 Å². The predicted octanol–water partition coefficient (Wildman–Crippen LogP) is 5.84. The quantitative estimate of drug-likeness (QED) is 0.446. The lowest BCUT2D eigenvalue weighted by Gasteiger charge is -2.01. The molecule has 0 radical (unpaired) electrons. The molecule has 0 bridgehead atoms. The highest BCUT2D eigenvalue weighted by Crippen LogP contribution is 2.39. The smallest absolute Gasteiger partial charge is 0.230 e. The SMILES string of the molecule is O=C(Cc1c[nH]c2ccccc12)Nc1nc(-c2cc(Cl)sc2Cl)cs1. The van der Waals surface area contributed by atoms with Crippen molar-refractivity contribution >= 4 is 67.8 Å². The molecule has 0 unspecified atom stereocenters. The first-order valence-electron chi connectivity index (χ1n) is 7.36. The van der Waals surface area contributed by atoms with Crippen molar-refractivity contribution in [3.63, 3.8) is 0 Å². The normalized spacial score (nSPS) is 11.1. The summed E-state index contributed by atoms with van der Waals surface area (Å²) < 4.78 is 1.20. The highest BCUT2D eigenvalue weighted by Gasteiger charge is 2.14. The fourth-order valence-electron chi connectivity index (χ4n) is 2.58. The predicted molar refractivity (Wildman–Crippen MR) is 106 cm³/mol. The lowest BCUT2D eigenvalue weighted by Crippen LogP contribution is -2.13. The maximum Gasteiger partial charge on any atom is 0.230 e. The van der Waals surface area contributed by atoms with E-state index in [1.807, 2.05) is 35.8 Å². The number of benzene rings is 1. The lowest BCUT2D eigenvalue weighted by atomic mass is 10.1. The Kier molecular flexibility index (Phi) is 4.52. The molecule has 8 heteroatoms. The highest BCUT2D eigenvalue weighted by atomic mass is 35.5. The number of halogens is 2. The van der Waals surface area contributed by atoms with E-state index in [2.05, 4.69) is 15.3 Å². The number of carbonyl (C=O) groups excluding carboxylic acids is 1. The Bertz CT molecular complexity index is 1070. The average Bonchev–Trinajstić information content (AvgIpc) is 3.27. The molecule has 3 heterocycles. The number of amides is 1. The molecule has 2 N–H and O–H groups in total. The second-order valence-corrected chi connectivity index (χ2v) is 8.50. The standard InChI is InChI=1S/C17H11Cl2N3OS2/c18-14-6-11(16(19)25-14)13-8-24-17(21-13)22-15(23)5-9-7-20-12-4-2-1-3-10(9)12/h1-4,6-8,20H,5H2,(H,21,22,23). The molecule has 4 nitrogen and oxygen atoms in total. The van der Waals surface area contributed by atoms with Crippen LogP contribution in [-0.4, -0.2) is 15.9 Å². The number of thiophene rings is 1. The first kappa shape index (κ1) is 16.6. The monoisotopic (exact) mass is 407 g/mol. The number of fused-ring (bicyclic) bond motifs is 1. The van der Waals surface area contributed by atoms with E-state index in [4.69, 9.17) is 23.2 Å². The average molecular weight is 408 g/mol. The lowest BCUT2D eigenvalue weighted by molar-refractivity contribution is -0.115. The van der Waals surface area contributed by atoms with Crippen molar-refractivity contribution < 1.29 is 4.79 Å². The maximum atomic E-state index is 12.3. The van der Waals surface area contributed by atoms with Crippen LogP contribution in [0.3, 0.4) is 0 Å². The van der Waals surface area contributed by atoms with Gasteiger partial charge in [-0.2, -0.15) is 0 Å². The fraction of sp³-hybridized carbons (Fsp3) is 0.0588. The van der Waals surface area contributed by atoms with E-state index in [0.29, 0.717) is 19.5 Å². The summed E-state index contributed by atoms with van der Waals surface area (Å²) >= 11 is 14.8. The molecule has 1 aromatic carbocycles. The molecule has 1 amide bonds. The molecule has 0 atom stereocenters. The van der Waals surface area contributed by atoms with Crippen LogP contribution in [0.15, 0.2) is 41.9 Å². The summed E-state index contributed by atoms with van der Waals surface area (Å²) in [5.41, 5.74) is 3.47. The van der Waals surface area contributed by atoms with Gasteiger partial charge in [0.05, 0.1) is 16.5 Å². The fourth-order valence-corrected chi connectivity index (χ4v) is 4.79. The second-order valence-electron chi connectivity index (χ2n) is 5.36. The number of para-hydroxylation sites is 1. The Balaban J connectivity index is 1.49. The van der Waals surface area contributed by atoms with Crippen LogP contribution in [0.4, 0.5) is 5.13 Å². The number of nitrogens with one attached hydrogen (secondary N) is 2. The number of anilines is 1. The number of carbonyl (C=O) groups is 1. The van der Waals surface area contributed by atoms with Gasteiger partial charge in [-0.15, -0.1) is 22.7 Å². The Morgan fingerprint density at radius 3 is 2.92 bits per heavy atom. The third-order valence-electron chi connectivity index (χ3n) is 3.71. The molecule has 0 saturated carbocycles. The number of hydrogen-bond acceptors (Lipinski definition) is 4. The number of hydrogen-bond donors (Lipinski definition) is 2. The number of nitrogens with zero attached hydrogens (tertiary/aromatic N) is 1. The van der Waals surface area contributed by atoms with Crippen LogP contribution in [-0.2, 0) is 11.2 Å². The Morgan fingerprint density at radius 2 is 2.12 bits per heavy atom. The van der Waals surface area contributed by atoms with Gasteiger partial charge in [0, 0.05) is 28.0 Å². The van der Waals surface area contributed by atoms with Gasteiger partial charge >= 0.3 is 0 Å². The largest absolute Gasteiger partial charge is 0.361 e. The molecular weight excluding hydrogens is 397 g/mol. The molecule has 0 saturated heterocycles. The van der Waals surface area contributed by atoms with Crippen LogP contribution in [0.25, 0.3) is 22.2 Å². The zero-order valence-electron chi connectivity index (χ0n) is 12.7. The van der Waals surface area contributed by atoms with Gasteiger partial charge < -0.3 is 10.3 Å². The minimum absolute atomic E-state index is 0.111. The van der Waals surface area contributed by atoms with Gasteiger partial charge in [0.2, 0.25) is 5.91 Å². The van der Waals surface area contributed by atoms with Crippen molar-refractivity contribution in [2.24, 2.45) is 0 Å². The molecule has 4 rings (SSSR count). The van der Waals surface area contributed by atoms with Gasteiger partial charge in [-0.05, 0) is 17.7 Å². The highest BCUT2D eigenvalue weighted by molar-refractivity contribution is 7.20. The maximum absolute atomic E-state index is 12.3. The van der Waals surface area contributed by atoms with Crippen LogP contribution < -0.4 is 5.32 Å². The van der Waals surface area contributed by atoms with E-state index in [1.54, 1.807) is 6.07 Å². The number of rotatable bonds is 4. The summed E-state index contributed by atoms with van der Waals surface area (Å²) in [5.74, 6) is -0.111. The second kappa shape index (κ2) is 6.80. The van der Waals surface area contributed by atoms with Gasteiger partial charge in [-0.25, -0.2) is 4.98 Å². The van der Waals surface area contributed by atoms with Gasteiger partial charge in [-0.3, -0.25) is 4.79 Å². The first-order chi connectivity index (χ1) is 12.1. The topological polar surface area (TPSA) is 57.8 Å². The van der Waals surface area contributed by atoms with E-state index in [9.17, 15) is 4.79 Å². The summed E-state index contributed by atoms with van der Waals surface area (Å²) in [6.07, 6.45) is 2.15. The molecule has 0 aliphatic rings. The van der Waals surface area contributed by atoms with E-state index in [-0.39, 0.29) is 12.3 Å². The van der Waals surface area contributed by atoms with Crippen molar-refractivity contribution in [1.29, 1.82) is 0 Å². The van der Waals surface area contributed by atoms with Crippen LogP contribution >= 0.6 is 45.9 Å². The molecular formula is C17H11Cl2N3OS2. The Hall–Kier alpha value is -1.86. The zero-order chi connectivity index (χ0) is 17.4. The van der Waals surface area contributed by atoms with Gasteiger partial charge in [-0.1, -0.05) is 41.4 Å². The first-order valence-corrected chi connectivity index (χ1v) is 9.81. The summed E-state index contributed by atoms with van der Waals surface area (Å²) in [6, 6.07) is 9.68. The minimum Gasteiger partial charge on any atom is -0.361 e. The number of H-pyrrole nitrogens is 1. The number of aromatic amines is 1. The minimum atomic E-state index is -0.111. The molecule has 0 aliphatic carbocycles. The molecule has 3 aromatic heterocycles. The summed E-state index contributed by atoms with van der Waals surface area (Å²) in [5, 5.41) is 6.29. The summed E-state index contributed by atoms with van der Waals surface area (Å²) in [6.45, 7) is 0. The third-order valence-corrected chi connectivity index (χ3v) is 5.95. The Labute approximate surface area is 161 Å². The number of thiazole rings is 1. The van der Waals surface area contributed by atoms with E-state index in [1.165, 1.54) is 22.7 Å². The zero-order valence-corrected chi connectivity index (χ0v) is 15.8. The molecule has 4 aromatic rings. The van der Waals surface area contributed by atoms with E-state index >= 15 is 0 Å². The molecule has 25 heavy (non-hydrogen) atoms. The van der Waals surface area contributed by atoms with Gasteiger partial charge in [0.15, 0.2) is 5.13 Å². The third kappa shape index (κ3) is 3.43.